The van der Waals surface area contributed by atoms with Gasteiger partial charge >= 0.3 is 0 Å². The van der Waals surface area contributed by atoms with E-state index in [9.17, 15) is 13.2 Å². The van der Waals surface area contributed by atoms with Crippen molar-refractivity contribution in [1.82, 2.24) is 29.3 Å². The molecule has 0 saturated carbocycles. The molecule has 0 aliphatic heterocycles. The molecule has 1 N–H and O–H groups in total. The van der Waals surface area contributed by atoms with Crippen molar-refractivity contribution in [2.45, 2.75) is 18.4 Å². The molecular weight excluding hydrogens is 380 g/mol. The summed E-state index contributed by atoms with van der Waals surface area (Å²) in [6, 6.07) is 7.50. The summed E-state index contributed by atoms with van der Waals surface area (Å²) in [6.07, 6.45) is 2.79. The first kappa shape index (κ1) is 18.2. The molecule has 0 radical (unpaired) electrons. The molecule has 9 nitrogen and oxygen atoms in total. The third kappa shape index (κ3) is 3.82. The summed E-state index contributed by atoms with van der Waals surface area (Å²) in [6.45, 7) is 1.67. The fraction of sp³-hybridized carbons (Fsp3) is 0.200. The van der Waals surface area contributed by atoms with Gasteiger partial charge in [0.05, 0.1) is 11.4 Å². The van der Waals surface area contributed by atoms with Crippen LogP contribution in [0.25, 0.3) is 5.82 Å². The fourth-order valence-electron chi connectivity index (χ4n) is 2.29. The summed E-state index contributed by atoms with van der Waals surface area (Å²) in [5, 5.41) is 8.45. The zero-order chi connectivity index (χ0) is 18.7. The standard InChI is InChI=1S/C15H15ClN6O3S/c1-11-12(16)3-2-4-13(11)26(24,25)19-7-8-21-15(23)6-5-14(20-21)22-10-17-9-18-22/h2-6,9-10,19H,7-8H2,1H3. The maximum atomic E-state index is 12.4. The Kier molecular flexibility index (Phi) is 5.16. The molecule has 11 heteroatoms. The molecule has 26 heavy (non-hydrogen) atoms. The van der Waals surface area contributed by atoms with Crippen LogP contribution in [0.1, 0.15) is 5.56 Å². The van der Waals surface area contributed by atoms with Crippen molar-refractivity contribution in [3.8, 4) is 5.82 Å². The molecule has 3 aromatic rings. The number of sulfonamides is 1. The Labute approximate surface area is 154 Å². The van der Waals surface area contributed by atoms with Gasteiger partial charge in [0.1, 0.15) is 12.7 Å². The van der Waals surface area contributed by atoms with Crippen molar-refractivity contribution in [3.63, 3.8) is 0 Å². The van der Waals surface area contributed by atoms with Crippen LogP contribution in [0.5, 0.6) is 0 Å². The third-order valence-corrected chi connectivity index (χ3v) is 5.64. The second-order valence-electron chi connectivity index (χ2n) is 5.35. The highest BCUT2D eigenvalue weighted by Gasteiger charge is 2.17. The van der Waals surface area contributed by atoms with Crippen molar-refractivity contribution in [2.75, 3.05) is 6.54 Å². The van der Waals surface area contributed by atoms with E-state index in [0.29, 0.717) is 16.4 Å². The van der Waals surface area contributed by atoms with Crippen LogP contribution in [-0.4, -0.2) is 39.5 Å². The van der Waals surface area contributed by atoms with Gasteiger partial charge in [-0.1, -0.05) is 17.7 Å². The molecule has 0 unspecified atom stereocenters. The summed E-state index contributed by atoms with van der Waals surface area (Å²) in [7, 11) is -3.75. The number of benzene rings is 1. The lowest BCUT2D eigenvalue weighted by atomic mass is 10.2. The minimum atomic E-state index is -3.75. The van der Waals surface area contributed by atoms with Crippen molar-refractivity contribution in [2.24, 2.45) is 0 Å². The van der Waals surface area contributed by atoms with Gasteiger partial charge in [0.15, 0.2) is 5.82 Å². The summed E-state index contributed by atoms with van der Waals surface area (Å²) < 4.78 is 29.9. The molecule has 0 amide bonds. The van der Waals surface area contributed by atoms with Crippen LogP contribution in [0.2, 0.25) is 5.02 Å². The minimum absolute atomic E-state index is 0.0119. The molecule has 0 atom stereocenters. The zero-order valence-corrected chi connectivity index (χ0v) is 15.3. The highest BCUT2D eigenvalue weighted by molar-refractivity contribution is 7.89. The minimum Gasteiger partial charge on any atom is -0.268 e. The van der Waals surface area contributed by atoms with Gasteiger partial charge in [-0.3, -0.25) is 4.79 Å². The molecule has 0 spiro atoms. The Morgan fingerprint density at radius 1 is 1.23 bits per heavy atom. The van der Waals surface area contributed by atoms with E-state index in [4.69, 9.17) is 11.6 Å². The number of halogens is 1. The van der Waals surface area contributed by atoms with E-state index in [2.05, 4.69) is 19.9 Å². The van der Waals surface area contributed by atoms with Crippen LogP contribution in [0.3, 0.4) is 0 Å². The lowest BCUT2D eigenvalue weighted by molar-refractivity contribution is 0.541. The molecule has 0 aliphatic carbocycles. The van der Waals surface area contributed by atoms with Gasteiger partial charge in [-0.2, -0.15) is 5.10 Å². The molecule has 1 aromatic carbocycles. The van der Waals surface area contributed by atoms with Gasteiger partial charge in [-0.15, -0.1) is 5.10 Å². The van der Waals surface area contributed by atoms with E-state index in [-0.39, 0.29) is 23.5 Å². The molecule has 0 fully saturated rings. The first-order valence-electron chi connectivity index (χ1n) is 7.56. The Hall–Kier alpha value is -2.56. The molecule has 2 aromatic heterocycles. The van der Waals surface area contributed by atoms with Crippen molar-refractivity contribution < 1.29 is 8.42 Å². The van der Waals surface area contributed by atoms with E-state index in [1.54, 1.807) is 19.1 Å². The van der Waals surface area contributed by atoms with Crippen molar-refractivity contribution >= 4 is 21.6 Å². The van der Waals surface area contributed by atoms with E-state index in [0.717, 1.165) is 4.68 Å². The Balaban J connectivity index is 1.75. The number of aromatic nitrogens is 5. The maximum Gasteiger partial charge on any atom is 0.266 e. The number of hydrogen-bond acceptors (Lipinski definition) is 6. The van der Waals surface area contributed by atoms with Crippen molar-refractivity contribution in [1.29, 1.82) is 0 Å². The molecule has 0 bridgehead atoms. The van der Waals surface area contributed by atoms with E-state index in [1.165, 1.54) is 35.5 Å². The summed E-state index contributed by atoms with van der Waals surface area (Å²) in [4.78, 5) is 15.8. The topological polar surface area (TPSA) is 112 Å². The first-order chi connectivity index (χ1) is 12.4. The normalized spacial score (nSPS) is 11.6. The van der Waals surface area contributed by atoms with Crippen LogP contribution in [0, 0.1) is 6.92 Å². The lowest BCUT2D eigenvalue weighted by Gasteiger charge is -2.11. The molecule has 0 aliphatic rings. The van der Waals surface area contributed by atoms with Gasteiger partial charge < -0.3 is 0 Å². The number of hydrogen-bond donors (Lipinski definition) is 1. The van der Waals surface area contributed by atoms with Gasteiger partial charge in [0, 0.05) is 17.6 Å². The summed E-state index contributed by atoms with van der Waals surface area (Å²) in [5.74, 6) is 0.399. The van der Waals surface area contributed by atoms with Crippen LogP contribution in [0.15, 0.2) is 52.7 Å². The van der Waals surface area contributed by atoms with E-state index >= 15 is 0 Å². The fourth-order valence-corrected chi connectivity index (χ4v) is 3.81. The lowest BCUT2D eigenvalue weighted by Crippen LogP contribution is -2.32. The molecule has 0 saturated heterocycles. The third-order valence-electron chi connectivity index (χ3n) is 3.63. The second-order valence-corrected chi connectivity index (χ2v) is 7.50. The second kappa shape index (κ2) is 7.36. The largest absolute Gasteiger partial charge is 0.268 e. The monoisotopic (exact) mass is 394 g/mol. The zero-order valence-electron chi connectivity index (χ0n) is 13.7. The van der Waals surface area contributed by atoms with Gasteiger partial charge in [0.25, 0.3) is 5.56 Å². The molecule has 2 heterocycles. The number of nitrogens with one attached hydrogen (secondary N) is 1. The van der Waals surface area contributed by atoms with E-state index in [1.807, 2.05) is 0 Å². The van der Waals surface area contributed by atoms with E-state index < -0.39 is 10.0 Å². The SMILES string of the molecule is Cc1c(Cl)cccc1S(=O)(=O)NCCn1nc(-n2cncn2)ccc1=O. The van der Waals surface area contributed by atoms with Gasteiger partial charge in [-0.25, -0.2) is 27.5 Å². The predicted molar refractivity (Wildman–Crippen MR) is 94.8 cm³/mol. The van der Waals surface area contributed by atoms with Crippen LogP contribution in [0.4, 0.5) is 0 Å². The first-order valence-corrected chi connectivity index (χ1v) is 9.42. The number of nitrogens with zero attached hydrogens (tertiary/aromatic N) is 5. The van der Waals surface area contributed by atoms with Crippen LogP contribution < -0.4 is 10.3 Å². The number of rotatable bonds is 6. The molecule has 136 valence electrons. The molecule has 3 rings (SSSR count). The average molecular weight is 395 g/mol. The quantitative estimate of drug-likeness (QED) is 0.660. The van der Waals surface area contributed by atoms with Crippen LogP contribution >= 0.6 is 11.6 Å². The van der Waals surface area contributed by atoms with Crippen LogP contribution in [-0.2, 0) is 16.6 Å². The molecular formula is C15H15ClN6O3S. The summed E-state index contributed by atoms with van der Waals surface area (Å²) in [5.41, 5.74) is 0.108. The Morgan fingerprint density at radius 3 is 2.77 bits per heavy atom. The highest BCUT2D eigenvalue weighted by Crippen LogP contribution is 2.22. The predicted octanol–water partition coefficient (Wildman–Crippen LogP) is 0.764. The highest BCUT2D eigenvalue weighted by atomic mass is 35.5. The smallest absolute Gasteiger partial charge is 0.266 e. The maximum absolute atomic E-state index is 12.4. The average Bonchev–Trinajstić information content (AvgIpc) is 3.13. The Bertz CT molecular complexity index is 1080. The Morgan fingerprint density at radius 2 is 2.04 bits per heavy atom. The van der Waals surface area contributed by atoms with Gasteiger partial charge in [0.2, 0.25) is 10.0 Å². The summed E-state index contributed by atoms with van der Waals surface area (Å²) >= 11 is 5.98. The van der Waals surface area contributed by atoms with Gasteiger partial charge in [-0.05, 0) is 30.7 Å². The van der Waals surface area contributed by atoms with Crippen molar-refractivity contribution in [3.05, 3.63) is 63.9 Å².